The second-order valence-electron chi connectivity index (χ2n) is 9.89. The minimum atomic E-state index is -0.327. The fraction of sp³-hybridized carbons (Fsp3) is 0.481. The fourth-order valence-electron chi connectivity index (χ4n) is 4.60. The second kappa shape index (κ2) is 9.94. The number of benzene rings is 1. The largest absolute Gasteiger partial charge is 0.475 e. The molecule has 0 radical (unpaired) electrons. The van der Waals surface area contributed by atoms with Crippen LogP contribution in [0.1, 0.15) is 61.7 Å². The Morgan fingerprint density at radius 3 is 2.55 bits per heavy atom. The summed E-state index contributed by atoms with van der Waals surface area (Å²) in [5.41, 5.74) is 4.77. The van der Waals surface area contributed by atoms with Gasteiger partial charge in [-0.15, -0.1) is 0 Å². The van der Waals surface area contributed by atoms with Gasteiger partial charge in [0, 0.05) is 44.0 Å². The summed E-state index contributed by atoms with van der Waals surface area (Å²) < 4.78 is 5.33. The molecule has 174 valence electrons. The van der Waals surface area contributed by atoms with Crippen LogP contribution in [0.25, 0.3) is 10.4 Å². The number of carbonyl (C=O) groups excluding carboxylic acids is 1. The van der Waals surface area contributed by atoms with Crippen molar-refractivity contribution < 1.29 is 9.21 Å². The number of anilines is 1. The summed E-state index contributed by atoms with van der Waals surface area (Å²) in [4.78, 5) is 21.1. The van der Waals surface area contributed by atoms with Gasteiger partial charge in [-0.25, -0.2) is 0 Å². The monoisotopic (exact) mass is 446 g/mol. The molecule has 1 saturated heterocycles. The smallest absolute Gasteiger partial charge is 0.346 e. The summed E-state index contributed by atoms with van der Waals surface area (Å²) in [5.74, 6) is -0.0500. The van der Waals surface area contributed by atoms with Gasteiger partial charge in [-0.1, -0.05) is 32.9 Å². The van der Waals surface area contributed by atoms with Gasteiger partial charge in [0.15, 0.2) is 5.76 Å². The molecule has 1 fully saturated rings. The second-order valence-corrected chi connectivity index (χ2v) is 9.89. The Balaban J connectivity index is 1.57. The van der Waals surface area contributed by atoms with Gasteiger partial charge in [0.1, 0.15) is 0 Å². The molecule has 2 aliphatic rings. The number of amides is 1. The van der Waals surface area contributed by atoms with Gasteiger partial charge in [0.25, 0.3) is 5.91 Å². The van der Waals surface area contributed by atoms with Gasteiger partial charge in [-0.05, 0) is 66.6 Å². The highest BCUT2D eigenvalue weighted by Crippen LogP contribution is 2.40. The predicted octanol–water partition coefficient (Wildman–Crippen LogP) is 5.81. The average molecular weight is 447 g/mol. The normalized spacial score (nSPS) is 19.0. The van der Waals surface area contributed by atoms with E-state index in [2.05, 4.69) is 58.9 Å². The highest BCUT2D eigenvalue weighted by molar-refractivity contribution is 6.04. The quantitative estimate of drug-likeness (QED) is 0.569. The Morgan fingerprint density at radius 2 is 1.91 bits per heavy atom. The minimum Gasteiger partial charge on any atom is -0.475 e. The van der Waals surface area contributed by atoms with Crippen LogP contribution in [-0.2, 0) is 6.54 Å². The van der Waals surface area contributed by atoms with Gasteiger partial charge < -0.3 is 14.6 Å². The first kappa shape index (κ1) is 23.3. The number of hydrogen-bond donors (Lipinski definition) is 1. The highest BCUT2D eigenvalue weighted by atomic mass is 16.4. The van der Waals surface area contributed by atoms with Crippen molar-refractivity contribution in [3.8, 4) is 0 Å². The molecule has 6 nitrogen and oxygen atoms in total. The third-order valence-corrected chi connectivity index (χ3v) is 6.89. The molecule has 0 saturated carbocycles. The molecule has 2 heterocycles. The first-order valence-corrected chi connectivity index (χ1v) is 11.9. The number of carbonyl (C=O) groups is 1. The van der Waals surface area contributed by atoms with Crippen molar-refractivity contribution in [3.05, 3.63) is 64.7 Å². The summed E-state index contributed by atoms with van der Waals surface area (Å²) in [6.45, 7) is 20.3. The molecule has 0 atom stereocenters. The highest BCUT2D eigenvalue weighted by Gasteiger charge is 2.24. The molecule has 2 aromatic rings. The maximum absolute atomic E-state index is 12.8. The van der Waals surface area contributed by atoms with Crippen LogP contribution in [0, 0.1) is 12.0 Å². The molecule has 1 aliphatic heterocycles. The van der Waals surface area contributed by atoms with Crippen LogP contribution in [0.2, 0.25) is 0 Å². The average Bonchev–Trinajstić information content (AvgIpc) is 3.30. The predicted molar refractivity (Wildman–Crippen MR) is 132 cm³/mol. The van der Waals surface area contributed by atoms with Crippen LogP contribution in [0.15, 0.2) is 40.8 Å². The number of rotatable bonds is 6. The van der Waals surface area contributed by atoms with E-state index in [0.717, 1.165) is 69.8 Å². The van der Waals surface area contributed by atoms with Gasteiger partial charge in [-0.3, -0.25) is 9.69 Å². The van der Waals surface area contributed by atoms with E-state index in [-0.39, 0.29) is 17.6 Å². The van der Waals surface area contributed by atoms with Crippen molar-refractivity contribution >= 4 is 23.1 Å². The molecule has 0 bridgehead atoms. The van der Waals surface area contributed by atoms with Crippen LogP contribution in [0.4, 0.5) is 11.6 Å². The molecular weight excluding hydrogens is 412 g/mol. The molecule has 1 aliphatic carbocycles. The van der Waals surface area contributed by atoms with Crippen LogP contribution in [-0.4, -0.2) is 48.4 Å². The molecule has 1 aromatic heterocycles. The van der Waals surface area contributed by atoms with E-state index in [9.17, 15) is 4.79 Å². The lowest BCUT2D eigenvalue weighted by atomic mass is 9.76. The van der Waals surface area contributed by atoms with Gasteiger partial charge in [0.05, 0.1) is 6.57 Å². The lowest BCUT2D eigenvalue weighted by Gasteiger charge is -2.34. The van der Waals surface area contributed by atoms with Crippen molar-refractivity contribution in [3.63, 3.8) is 0 Å². The van der Waals surface area contributed by atoms with Crippen molar-refractivity contribution in [2.45, 2.75) is 46.6 Å². The van der Waals surface area contributed by atoms with Crippen LogP contribution < -0.4 is 5.32 Å². The number of nitrogens with one attached hydrogen (secondary N) is 1. The van der Waals surface area contributed by atoms with Crippen molar-refractivity contribution in [2.75, 3.05) is 38.0 Å². The molecule has 1 aromatic carbocycles. The molecule has 1 amide bonds. The SMILES string of the molecule is [C-]#[N+]c1ccc(C(=O)Nc2ccc(CN3CCN(CC)CC3)cc2C2=CCC(C)(C)CC2)o1. The van der Waals surface area contributed by atoms with Crippen LogP contribution in [0.3, 0.4) is 0 Å². The van der Waals surface area contributed by atoms with Gasteiger partial charge in [0.2, 0.25) is 0 Å². The van der Waals surface area contributed by atoms with Crippen molar-refractivity contribution in [1.29, 1.82) is 0 Å². The zero-order valence-electron chi connectivity index (χ0n) is 20.0. The molecular formula is C27H34N4O2. The van der Waals surface area contributed by atoms with Crippen LogP contribution >= 0.6 is 0 Å². The first-order chi connectivity index (χ1) is 15.9. The maximum Gasteiger partial charge on any atom is 0.346 e. The molecule has 6 heteroatoms. The summed E-state index contributed by atoms with van der Waals surface area (Å²) in [6, 6.07) is 9.46. The lowest BCUT2D eigenvalue weighted by molar-refractivity contribution is 0.0998. The zero-order chi connectivity index (χ0) is 23.4. The molecule has 33 heavy (non-hydrogen) atoms. The molecule has 1 N–H and O–H groups in total. The molecule has 4 rings (SSSR count). The number of piperazine rings is 1. The first-order valence-electron chi connectivity index (χ1n) is 11.9. The van der Waals surface area contributed by atoms with E-state index in [1.807, 2.05) is 6.07 Å². The molecule has 0 spiro atoms. The number of hydrogen-bond acceptors (Lipinski definition) is 4. The van der Waals surface area contributed by atoms with E-state index in [1.165, 1.54) is 17.2 Å². The van der Waals surface area contributed by atoms with E-state index in [4.69, 9.17) is 11.0 Å². The van der Waals surface area contributed by atoms with Crippen LogP contribution in [0.5, 0.6) is 0 Å². The number of likely N-dealkylation sites (N-methyl/N-ethyl adjacent to an activating group) is 1. The van der Waals surface area contributed by atoms with Crippen molar-refractivity contribution in [2.24, 2.45) is 5.41 Å². The van der Waals surface area contributed by atoms with E-state index in [1.54, 1.807) is 6.07 Å². The van der Waals surface area contributed by atoms with E-state index < -0.39 is 0 Å². The summed E-state index contributed by atoms with van der Waals surface area (Å²) in [6.07, 6.45) is 5.49. The van der Waals surface area contributed by atoms with Gasteiger partial charge >= 0.3 is 5.88 Å². The molecule has 0 unspecified atom stereocenters. The number of nitrogens with zero attached hydrogens (tertiary/aromatic N) is 3. The van der Waals surface area contributed by atoms with E-state index in [0.29, 0.717) is 5.41 Å². The topological polar surface area (TPSA) is 53.1 Å². The number of allylic oxidation sites excluding steroid dienone is 2. The lowest BCUT2D eigenvalue weighted by Crippen LogP contribution is -2.45. The summed E-state index contributed by atoms with van der Waals surface area (Å²) >= 11 is 0. The number of furan rings is 1. The Bertz CT molecular complexity index is 1070. The standard InChI is InChI=1S/C27H34N4O2/c1-5-30-14-16-31(17-15-30)19-20-6-7-23(29-26(32)24-8-9-25(28-4)33-24)22(18-20)21-10-12-27(2,3)13-11-21/h6-10,18H,5,11-17,19H2,1-3H3,(H,29,32). The summed E-state index contributed by atoms with van der Waals surface area (Å²) in [7, 11) is 0. The Hall–Kier alpha value is -2.88. The Labute approximate surface area is 197 Å². The van der Waals surface area contributed by atoms with Gasteiger partial charge in [-0.2, -0.15) is 4.85 Å². The third kappa shape index (κ3) is 5.73. The fourth-order valence-corrected chi connectivity index (χ4v) is 4.60. The summed E-state index contributed by atoms with van der Waals surface area (Å²) in [5, 5.41) is 3.03. The third-order valence-electron chi connectivity index (χ3n) is 6.89. The zero-order valence-corrected chi connectivity index (χ0v) is 20.0. The maximum atomic E-state index is 12.8. The Morgan fingerprint density at radius 1 is 1.15 bits per heavy atom. The van der Waals surface area contributed by atoms with E-state index >= 15 is 0 Å². The Kier molecular flexibility index (Phi) is 7.02. The minimum absolute atomic E-state index is 0.121. The van der Waals surface area contributed by atoms with Crippen molar-refractivity contribution in [1.82, 2.24) is 9.80 Å².